The number of aromatic hydroxyl groups is 1. The molecule has 0 saturated heterocycles. The summed E-state index contributed by atoms with van der Waals surface area (Å²) in [5.74, 6) is 0.721. The Morgan fingerprint density at radius 2 is 1.38 bits per heavy atom. The Kier molecular flexibility index (Phi) is 5.20. The second-order valence-corrected chi connectivity index (χ2v) is 8.07. The number of phenols is 1. The van der Waals surface area contributed by atoms with Gasteiger partial charge in [0.1, 0.15) is 5.75 Å². The van der Waals surface area contributed by atoms with Crippen LogP contribution in [0.1, 0.15) is 50.7 Å². The average molecular weight is 348 g/mol. The fourth-order valence-electron chi connectivity index (χ4n) is 2.53. The van der Waals surface area contributed by atoms with Crippen molar-refractivity contribution in [1.82, 2.24) is 0 Å². The van der Waals surface area contributed by atoms with Crippen molar-refractivity contribution in [3.8, 4) is 5.75 Å². The molecule has 0 aliphatic heterocycles. The second-order valence-electron chi connectivity index (χ2n) is 6.51. The number of rotatable bonds is 5. The van der Waals surface area contributed by atoms with E-state index in [0.29, 0.717) is 5.75 Å². The van der Waals surface area contributed by atoms with Gasteiger partial charge in [0.2, 0.25) is 10.0 Å². The smallest absolute Gasteiger partial charge is 0.238 e. The molecule has 5 nitrogen and oxygen atoms in total. The van der Waals surface area contributed by atoms with E-state index in [9.17, 15) is 13.5 Å². The van der Waals surface area contributed by atoms with Crippen LogP contribution in [0.25, 0.3) is 0 Å². The molecule has 4 N–H and O–H groups in total. The molecule has 2 aromatic carbocycles. The Morgan fingerprint density at radius 3 is 1.75 bits per heavy atom. The van der Waals surface area contributed by atoms with Gasteiger partial charge in [-0.15, -0.1) is 0 Å². The number of nitrogens with two attached hydrogens (primary N) is 1. The van der Waals surface area contributed by atoms with Crippen LogP contribution in [0.2, 0.25) is 0 Å². The van der Waals surface area contributed by atoms with Crippen LogP contribution in [0.4, 0.5) is 11.4 Å². The Labute approximate surface area is 143 Å². The molecule has 6 heteroatoms. The third kappa shape index (κ3) is 4.07. The monoisotopic (exact) mass is 348 g/mol. The highest BCUT2D eigenvalue weighted by Gasteiger charge is 2.15. The molecular formula is C18H24N2O3S. The number of benzene rings is 2. The number of nitrogens with one attached hydrogen (secondary N) is 1. The molecule has 0 radical (unpaired) electrons. The normalized spacial score (nSPS) is 12.0. The Morgan fingerprint density at radius 1 is 0.917 bits per heavy atom. The van der Waals surface area contributed by atoms with E-state index >= 15 is 0 Å². The summed E-state index contributed by atoms with van der Waals surface area (Å²) in [6, 6.07) is 10.1. The summed E-state index contributed by atoms with van der Waals surface area (Å²) in [6.45, 7) is 8.13. The zero-order chi connectivity index (χ0) is 18.1. The summed E-state index contributed by atoms with van der Waals surface area (Å²) >= 11 is 0. The highest BCUT2D eigenvalue weighted by atomic mass is 32.2. The lowest BCUT2D eigenvalue weighted by Gasteiger charge is -2.18. The van der Waals surface area contributed by atoms with Crippen LogP contribution in [0.15, 0.2) is 41.3 Å². The van der Waals surface area contributed by atoms with E-state index in [0.717, 1.165) is 22.5 Å². The summed E-state index contributed by atoms with van der Waals surface area (Å²) in [4.78, 5) is 0.0736. The molecule has 0 fully saturated rings. The van der Waals surface area contributed by atoms with E-state index in [-0.39, 0.29) is 16.7 Å². The van der Waals surface area contributed by atoms with Crippen molar-refractivity contribution in [2.24, 2.45) is 5.14 Å². The molecule has 0 unspecified atom stereocenters. The van der Waals surface area contributed by atoms with Crippen molar-refractivity contribution in [3.05, 3.63) is 47.5 Å². The predicted octanol–water partition coefficient (Wildman–Crippen LogP) is 4.03. The summed E-state index contributed by atoms with van der Waals surface area (Å²) in [5.41, 5.74) is 3.36. The minimum atomic E-state index is -3.69. The molecule has 0 spiro atoms. The SMILES string of the molecule is CC(C)c1cc(Nc2ccc(S(N)(=O)=O)cc2)cc(C(C)C)c1O. The Bertz CT molecular complexity index is 797. The van der Waals surface area contributed by atoms with Gasteiger partial charge in [-0.1, -0.05) is 27.7 Å². The van der Waals surface area contributed by atoms with Crippen molar-refractivity contribution in [3.63, 3.8) is 0 Å². The van der Waals surface area contributed by atoms with Crippen LogP contribution in [0, 0.1) is 0 Å². The minimum absolute atomic E-state index is 0.0736. The third-order valence-electron chi connectivity index (χ3n) is 3.88. The number of hydrogen-bond donors (Lipinski definition) is 3. The first-order chi connectivity index (χ1) is 11.1. The molecule has 130 valence electrons. The van der Waals surface area contributed by atoms with Crippen LogP contribution in [0.5, 0.6) is 5.75 Å². The minimum Gasteiger partial charge on any atom is -0.507 e. The fraction of sp³-hybridized carbons (Fsp3) is 0.333. The van der Waals surface area contributed by atoms with E-state index in [1.54, 1.807) is 12.1 Å². The van der Waals surface area contributed by atoms with E-state index in [1.165, 1.54) is 12.1 Å². The van der Waals surface area contributed by atoms with Crippen LogP contribution >= 0.6 is 0 Å². The average Bonchev–Trinajstić information content (AvgIpc) is 2.48. The van der Waals surface area contributed by atoms with E-state index in [1.807, 2.05) is 39.8 Å². The molecule has 0 aliphatic rings. The highest BCUT2D eigenvalue weighted by molar-refractivity contribution is 7.89. The lowest BCUT2D eigenvalue weighted by atomic mass is 9.93. The van der Waals surface area contributed by atoms with Gasteiger partial charge < -0.3 is 10.4 Å². The quantitative estimate of drug-likeness (QED) is 0.711. The molecule has 2 aromatic rings. The van der Waals surface area contributed by atoms with Gasteiger partial charge in [-0.3, -0.25) is 0 Å². The maximum Gasteiger partial charge on any atom is 0.238 e. The van der Waals surface area contributed by atoms with Crippen molar-refractivity contribution in [2.75, 3.05) is 5.32 Å². The summed E-state index contributed by atoms with van der Waals surface area (Å²) in [6.07, 6.45) is 0. The number of primary sulfonamides is 1. The summed E-state index contributed by atoms with van der Waals surface area (Å²) in [5, 5.41) is 18.8. The Balaban J connectivity index is 2.39. The van der Waals surface area contributed by atoms with E-state index in [2.05, 4.69) is 5.32 Å². The topological polar surface area (TPSA) is 92.4 Å². The maximum absolute atomic E-state index is 11.3. The number of hydrogen-bond acceptors (Lipinski definition) is 4. The maximum atomic E-state index is 11.3. The standard InChI is InChI=1S/C18H24N2O3S/c1-11(2)16-9-14(10-17(12(3)4)18(16)21)20-13-5-7-15(8-6-13)24(19,22)23/h5-12,20-21H,1-4H3,(H2,19,22,23). The van der Waals surface area contributed by atoms with Crippen molar-refractivity contribution in [2.45, 2.75) is 44.4 Å². The molecule has 0 amide bonds. The van der Waals surface area contributed by atoms with Gasteiger partial charge in [0, 0.05) is 11.4 Å². The van der Waals surface area contributed by atoms with Crippen LogP contribution < -0.4 is 10.5 Å². The van der Waals surface area contributed by atoms with Crippen LogP contribution in [-0.2, 0) is 10.0 Å². The fourth-order valence-corrected chi connectivity index (χ4v) is 3.04. The number of sulfonamides is 1. The molecule has 0 aliphatic carbocycles. The zero-order valence-corrected chi connectivity index (χ0v) is 15.2. The first-order valence-corrected chi connectivity index (χ1v) is 9.41. The zero-order valence-electron chi connectivity index (χ0n) is 14.4. The molecule has 0 bridgehead atoms. The van der Waals surface area contributed by atoms with Crippen LogP contribution in [0.3, 0.4) is 0 Å². The summed E-state index contributed by atoms with van der Waals surface area (Å²) < 4.78 is 22.6. The van der Waals surface area contributed by atoms with Crippen molar-refractivity contribution >= 4 is 21.4 Å². The molecule has 0 saturated carbocycles. The number of anilines is 2. The molecule has 0 aromatic heterocycles. The second kappa shape index (κ2) is 6.83. The lowest BCUT2D eigenvalue weighted by Crippen LogP contribution is -2.11. The van der Waals surface area contributed by atoms with E-state index in [4.69, 9.17) is 5.14 Å². The molecule has 0 heterocycles. The van der Waals surface area contributed by atoms with Crippen LogP contribution in [-0.4, -0.2) is 13.5 Å². The first-order valence-electron chi connectivity index (χ1n) is 7.86. The van der Waals surface area contributed by atoms with Gasteiger partial charge in [-0.25, -0.2) is 13.6 Å². The molecule has 0 atom stereocenters. The van der Waals surface area contributed by atoms with Crippen molar-refractivity contribution in [1.29, 1.82) is 0 Å². The third-order valence-corrected chi connectivity index (χ3v) is 4.81. The van der Waals surface area contributed by atoms with Gasteiger partial charge in [0.25, 0.3) is 0 Å². The van der Waals surface area contributed by atoms with Gasteiger partial charge in [-0.05, 0) is 59.4 Å². The molecule has 2 rings (SSSR count). The van der Waals surface area contributed by atoms with Gasteiger partial charge >= 0.3 is 0 Å². The predicted molar refractivity (Wildman–Crippen MR) is 97.4 cm³/mol. The van der Waals surface area contributed by atoms with Gasteiger partial charge in [-0.2, -0.15) is 0 Å². The first kappa shape index (κ1) is 18.3. The largest absolute Gasteiger partial charge is 0.507 e. The van der Waals surface area contributed by atoms with Crippen molar-refractivity contribution < 1.29 is 13.5 Å². The molecule has 24 heavy (non-hydrogen) atoms. The lowest BCUT2D eigenvalue weighted by molar-refractivity contribution is 0.454. The highest BCUT2D eigenvalue weighted by Crippen LogP contribution is 2.37. The van der Waals surface area contributed by atoms with Gasteiger partial charge in [0.15, 0.2) is 0 Å². The molecular weight excluding hydrogens is 324 g/mol. The van der Waals surface area contributed by atoms with E-state index < -0.39 is 10.0 Å². The summed E-state index contributed by atoms with van der Waals surface area (Å²) in [7, 11) is -3.69. The number of phenolic OH excluding ortho intramolecular Hbond substituents is 1. The van der Waals surface area contributed by atoms with Gasteiger partial charge in [0.05, 0.1) is 4.90 Å². The Hall–Kier alpha value is -2.05.